The molecule has 4 nitrogen and oxygen atoms in total. The molecule has 0 unspecified atom stereocenters. The van der Waals surface area contributed by atoms with Crippen LogP contribution >= 0.6 is 24.0 Å². The summed E-state index contributed by atoms with van der Waals surface area (Å²) in [4.78, 5) is 0. The molecular weight excluding hydrogens is 273 g/mol. The molecule has 3 rings (SSSR count). The summed E-state index contributed by atoms with van der Waals surface area (Å²) in [5.74, 6) is 1.08. The van der Waals surface area contributed by atoms with Crippen molar-refractivity contribution in [2.45, 2.75) is 25.4 Å². The molecular formula is C12H13Cl2N3O. The molecule has 1 saturated carbocycles. The Labute approximate surface area is 116 Å². The molecule has 0 saturated heterocycles. The monoisotopic (exact) mass is 285 g/mol. The van der Waals surface area contributed by atoms with Crippen molar-refractivity contribution < 1.29 is 4.42 Å². The first kappa shape index (κ1) is 13.3. The van der Waals surface area contributed by atoms with Crippen molar-refractivity contribution in [1.29, 1.82) is 0 Å². The van der Waals surface area contributed by atoms with Gasteiger partial charge in [-0.3, -0.25) is 0 Å². The first-order valence-corrected chi connectivity index (χ1v) is 6.01. The van der Waals surface area contributed by atoms with E-state index < -0.39 is 0 Å². The Bertz CT molecular complexity index is 526. The number of aromatic nitrogens is 2. The molecule has 6 heteroatoms. The van der Waals surface area contributed by atoms with Crippen LogP contribution < -0.4 is 5.32 Å². The van der Waals surface area contributed by atoms with Crippen LogP contribution in [0.2, 0.25) is 5.02 Å². The van der Waals surface area contributed by atoms with Crippen LogP contribution in [0.5, 0.6) is 0 Å². The third-order valence-corrected chi connectivity index (χ3v) is 3.02. The molecule has 1 fully saturated rings. The minimum Gasteiger partial charge on any atom is -0.419 e. The zero-order chi connectivity index (χ0) is 11.7. The molecule has 0 atom stereocenters. The Morgan fingerprint density at radius 2 is 2.06 bits per heavy atom. The van der Waals surface area contributed by atoms with Gasteiger partial charge in [0.05, 0.1) is 17.1 Å². The lowest BCUT2D eigenvalue weighted by Crippen LogP contribution is -2.15. The lowest BCUT2D eigenvalue weighted by molar-refractivity contribution is 0.476. The fraction of sp³-hybridized carbons (Fsp3) is 0.333. The number of rotatable bonds is 4. The van der Waals surface area contributed by atoms with E-state index in [9.17, 15) is 0 Å². The van der Waals surface area contributed by atoms with E-state index in [4.69, 9.17) is 16.0 Å². The largest absolute Gasteiger partial charge is 0.419 e. The second-order valence-corrected chi connectivity index (χ2v) is 4.54. The normalized spacial score (nSPS) is 14.3. The molecule has 0 aliphatic heterocycles. The van der Waals surface area contributed by atoms with Crippen molar-refractivity contribution in [3.05, 3.63) is 35.2 Å². The molecule has 18 heavy (non-hydrogen) atoms. The molecule has 1 aliphatic carbocycles. The average Bonchev–Trinajstić information content (AvgIpc) is 3.06. The summed E-state index contributed by atoms with van der Waals surface area (Å²) in [6.45, 7) is 0.627. The Morgan fingerprint density at radius 3 is 2.78 bits per heavy atom. The highest BCUT2D eigenvalue weighted by molar-refractivity contribution is 6.33. The first-order valence-electron chi connectivity index (χ1n) is 5.63. The summed E-state index contributed by atoms with van der Waals surface area (Å²) in [5, 5.41) is 11.9. The molecule has 2 aromatic rings. The second-order valence-electron chi connectivity index (χ2n) is 4.14. The van der Waals surface area contributed by atoms with E-state index >= 15 is 0 Å². The van der Waals surface area contributed by atoms with Gasteiger partial charge in [0.2, 0.25) is 11.8 Å². The van der Waals surface area contributed by atoms with Gasteiger partial charge in [-0.25, -0.2) is 0 Å². The summed E-state index contributed by atoms with van der Waals surface area (Å²) in [6.07, 6.45) is 2.48. The minimum atomic E-state index is 0. The van der Waals surface area contributed by atoms with E-state index in [0.717, 1.165) is 5.56 Å². The van der Waals surface area contributed by atoms with Crippen molar-refractivity contribution in [1.82, 2.24) is 15.5 Å². The molecule has 1 aromatic carbocycles. The molecule has 1 aromatic heterocycles. The minimum absolute atomic E-state index is 0. The number of benzene rings is 1. The van der Waals surface area contributed by atoms with Crippen molar-refractivity contribution in [3.8, 4) is 11.5 Å². The summed E-state index contributed by atoms with van der Waals surface area (Å²) in [5.41, 5.74) is 0.777. The molecule has 96 valence electrons. The zero-order valence-electron chi connectivity index (χ0n) is 9.60. The highest BCUT2D eigenvalue weighted by Crippen LogP contribution is 2.26. The van der Waals surface area contributed by atoms with Gasteiger partial charge < -0.3 is 9.73 Å². The van der Waals surface area contributed by atoms with Crippen LogP contribution in [0.25, 0.3) is 11.5 Å². The van der Waals surface area contributed by atoms with E-state index in [1.54, 1.807) is 0 Å². The number of halogens is 2. The maximum Gasteiger partial charge on any atom is 0.249 e. The van der Waals surface area contributed by atoms with Gasteiger partial charge in [0, 0.05) is 6.04 Å². The van der Waals surface area contributed by atoms with Gasteiger partial charge in [0.15, 0.2) is 0 Å². The molecule has 1 heterocycles. The molecule has 1 aliphatic rings. The quantitative estimate of drug-likeness (QED) is 0.938. The van der Waals surface area contributed by atoms with Crippen LogP contribution in [0, 0.1) is 0 Å². The van der Waals surface area contributed by atoms with Gasteiger partial charge in [0.25, 0.3) is 0 Å². The highest BCUT2D eigenvalue weighted by atomic mass is 35.5. The molecule has 0 bridgehead atoms. The Balaban J connectivity index is 0.00000120. The first-order chi connectivity index (χ1) is 8.33. The van der Waals surface area contributed by atoms with Gasteiger partial charge >= 0.3 is 0 Å². The van der Waals surface area contributed by atoms with Crippen molar-refractivity contribution >= 4 is 24.0 Å². The fourth-order valence-electron chi connectivity index (χ4n) is 1.59. The Morgan fingerprint density at radius 1 is 1.28 bits per heavy atom. The van der Waals surface area contributed by atoms with Crippen LogP contribution in [0.3, 0.4) is 0 Å². The van der Waals surface area contributed by atoms with Gasteiger partial charge in [-0.15, -0.1) is 22.6 Å². The Hall–Kier alpha value is -1.10. The number of hydrogen-bond donors (Lipinski definition) is 1. The Kier molecular flexibility index (Phi) is 4.22. The van der Waals surface area contributed by atoms with Crippen LogP contribution in [0.15, 0.2) is 28.7 Å². The third kappa shape index (κ3) is 3.02. The van der Waals surface area contributed by atoms with Crippen molar-refractivity contribution in [3.63, 3.8) is 0 Å². The molecule has 0 amide bonds. The van der Waals surface area contributed by atoms with E-state index in [1.807, 2.05) is 24.3 Å². The van der Waals surface area contributed by atoms with Crippen molar-refractivity contribution in [2.24, 2.45) is 0 Å². The van der Waals surface area contributed by atoms with Gasteiger partial charge in [-0.05, 0) is 25.0 Å². The van der Waals surface area contributed by atoms with Gasteiger partial charge in [-0.2, -0.15) is 0 Å². The standard InChI is InChI=1S/C12H12ClN3O.ClH/c13-10-4-2-1-3-9(10)12-16-15-11(17-12)7-14-8-5-6-8;/h1-4,8,14H,5-7H2;1H. The van der Waals surface area contributed by atoms with Gasteiger partial charge in [0.1, 0.15) is 0 Å². The second kappa shape index (κ2) is 5.69. The van der Waals surface area contributed by atoms with Crippen molar-refractivity contribution in [2.75, 3.05) is 0 Å². The lowest BCUT2D eigenvalue weighted by atomic mass is 10.2. The number of nitrogens with one attached hydrogen (secondary N) is 1. The summed E-state index contributed by atoms with van der Waals surface area (Å²) >= 11 is 6.06. The molecule has 0 radical (unpaired) electrons. The molecule has 0 spiro atoms. The zero-order valence-corrected chi connectivity index (χ0v) is 11.2. The summed E-state index contributed by atoms with van der Waals surface area (Å²) in [7, 11) is 0. The maximum atomic E-state index is 6.06. The summed E-state index contributed by atoms with van der Waals surface area (Å²) < 4.78 is 5.56. The predicted molar refractivity (Wildman–Crippen MR) is 71.9 cm³/mol. The number of hydrogen-bond acceptors (Lipinski definition) is 4. The number of nitrogens with zero attached hydrogens (tertiary/aromatic N) is 2. The highest BCUT2D eigenvalue weighted by Gasteiger charge is 2.21. The van der Waals surface area contributed by atoms with E-state index in [1.165, 1.54) is 12.8 Å². The smallest absolute Gasteiger partial charge is 0.249 e. The third-order valence-electron chi connectivity index (χ3n) is 2.69. The predicted octanol–water partition coefficient (Wildman–Crippen LogP) is 3.06. The SMILES string of the molecule is Cl.Clc1ccccc1-c1nnc(CNC2CC2)o1. The maximum absolute atomic E-state index is 6.06. The van der Waals surface area contributed by atoms with E-state index in [2.05, 4.69) is 15.5 Å². The van der Waals surface area contributed by atoms with Gasteiger partial charge in [-0.1, -0.05) is 23.7 Å². The average molecular weight is 286 g/mol. The lowest BCUT2D eigenvalue weighted by Gasteiger charge is -1.98. The van der Waals surface area contributed by atoms with Crippen LogP contribution in [0.4, 0.5) is 0 Å². The van der Waals surface area contributed by atoms with Crippen LogP contribution in [0.1, 0.15) is 18.7 Å². The summed E-state index contributed by atoms with van der Waals surface area (Å²) in [6, 6.07) is 8.08. The van der Waals surface area contributed by atoms with Crippen LogP contribution in [-0.4, -0.2) is 16.2 Å². The topological polar surface area (TPSA) is 51.0 Å². The molecule has 1 N–H and O–H groups in total. The van der Waals surface area contributed by atoms with E-state index in [0.29, 0.717) is 29.4 Å². The fourth-order valence-corrected chi connectivity index (χ4v) is 1.80. The van der Waals surface area contributed by atoms with Crippen LogP contribution in [-0.2, 0) is 6.54 Å². The van der Waals surface area contributed by atoms with E-state index in [-0.39, 0.29) is 12.4 Å².